The minimum atomic E-state index is -0.408. The van der Waals surface area contributed by atoms with Gasteiger partial charge in [-0.25, -0.2) is 0 Å². The van der Waals surface area contributed by atoms with Crippen molar-refractivity contribution in [2.24, 2.45) is 5.92 Å². The van der Waals surface area contributed by atoms with Gasteiger partial charge in [-0.15, -0.1) is 0 Å². The van der Waals surface area contributed by atoms with Crippen LogP contribution >= 0.6 is 0 Å². The quantitative estimate of drug-likeness (QED) is 0.796. The number of rotatable bonds is 4. The molecule has 3 N–H and O–H groups in total. The molecule has 128 valence electrons. The van der Waals surface area contributed by atoms with Crippen molar-refractivity contribution in [1.29, 1.82) is 0 Å². The Morgan fingerprint density at radius 1 is 1.00 bits per heavy atom. The van der Waals surface area contributed by atoms with Crippen molar-refractivity contribution < 1.29 is 20.1 Å². The molecular formula is C19H28O4. The molecule has 0 spiro atoms. The van der Waals surface area contributed by atoms with Gasteiger partial charge in [0, 0.05) is 12.8 Å². The molecule has 1 saturated heterocycles. The van der Waals surface area contributed by atoms with E-state index in [9.17, 15) is 15.3 Å². The number of aliphatic hydroxyl groups excluding tert-OH is 3. The molecule has 1 aromatic carbocycles. The molecular weight excluding hydrogens is 292 g/mol. The van der Waals surface area contributed by atoms with Gasteiger partial charge in [0.2, 0.25) is 0 Å². The first-order valence-corrected chi connectivity index (χ1v) is 8.85. The number of ether oxygens (including phenoxy) is 1. The third-order valence-electron chi connectivity index (χ3n) is 5.24. The van der Waals surface area contributed by atoms with E-state index in [2.05, 4.69) is 18.2 Å². The lowest BCUT2D eigenvalue weighted by Crippen LogP contribution is -2.33. The van der Waals surface area contributed by atoms with Crippen LogP contribution in [0.5, 0.6) is 0 Å². The average molecular weight is 320 g/mol. The Bertz CT molecular complexity index is 496. The molecule has 3 atom stereocenters. The molecule has 3 rings (SSSR count). The molecule has 4 heteroatoms. The van der Waals surface area contributed by atoms with Gasteiger partial charge in [-0.1, -0.05) is 24.3 Å². The summed E-state index contributed by atoms with van der Waals surface area (Å²) in [5.74, 6) is 0.650. The average Bonchev–Trinajstić information content (AvgIpc) is 2.56. The molecule has 0 bridgehead atoms. The fourth-order valence-corrected chi connectivity index (χ4v) is 3.93. The molecule has 3 unspecified atom stereocenters. The molecule has 0 radical (unpaired) electrons. The van der Waals surface area contributed by atoms with Gasteiger partial charge in [0.05, 0.1) is 31.0 Å². The minimum absolute atomic E-state index is 0.0440. The smallest absolute Gasteiger partial charge is 0.0854 e. The summed E-state index contributed by atoms with van der Waals surface area (Å²) in [6.07, 6.45) is 5.25. The summed E-state index contributed by atoms with van der Waals surface area (Å²) in [6, 6.07) is 8.44. The molecule has 23 heavy (non-hydrogen) atoms. The number of aliphatic hydroxyl groups is 3. The third-order valence-corrected chi connectivity index (χ3v) is 5.24. The van der Waals surface area contributed by atoms with E-state index in [0.29, 0.717) is 18.8 Å². The zero-order chi connectivity index (χ0) is 16.2. The highest BCUT2D eigenvalue weighted by molar-refractivity contribution is 5.26. The Kier molecular flexibility index (Phi) is 5.70. The highest BCUT2D eigenvalue weighted by atomic mass is 16.5. The summed E-state index contributed by atoms with van der Waals surface area (Å²) in [7, 11) is 0. The highest BCUT2D eigenvalue weighted by Gasteiger charge is 2.29. The molecule has 2 fully saturated rings. The van der Waals surface area contributed by atoms with E-state index >= 15 is 0 Å². The zero-order valence-electron chi connectivity index (χ0n) is 13.6. The fourth-order valence-electron chi connectivity index (χ4n) is 3.93. The van der Waals surface area contributed by atoms with Gasteiger partial charge in [0.15, 0.2) is 0 Å². The highest BCUT2D eigenvalue weighted by Crippen LogP contribution is 2.33. The fraction of sp³-hybridized carbons (Fsp3) is 0.684. The zero-order valence-corrected chi connectivity index (χ0v) is 13.6. The Balaban J connectivity index is 1.65. The molecule has 0 amide bonds. The molecule has 4 nitrogen and oxygen atoms in total. The normalized spacial score (nSPS) is 35.2. The monoisotopic (exact) mass is 320 g/mol. The van der Waals surface area contributed by atoms with Gasteiger partial charge in [-0.3, -0.25) is 0 Å². The summed E-state index contributed by atoms with van der Waals surface area (Å²) in [5.41, 5.74) is 2.39. The molecule has 0 aromatic heterocycles. The van der Waals surface area contributed by atoms with Crippen LogP contribution in [0.4, 0.5) is 0 Å². The topological polar surface area (TPSA) is 69.9 Å². The summed E-state index contributed by atoms with van der Waals surface area (Å²) >= 11 is 0. The third kappa shape index (κ3) is 4.54. The first-order chi connectivity index (χ1) is 11.1. The van der Waals surface area contributed by atoms with E-state index in [4.69, 9.17) is 4.74 Å². The van der Waals surface area contributed by atoms with Crippen LogP contribution in [-0.4, -0.2) is 40.2 Å². The second kappa shape index (κ2) is 7.75. The van der Waals surface area contributed by atoms with Crippen molar-refractivity contribution >= 4 is 0 Å². The van der Waals surface area contributed by atoms with Crippen LogP contribution in [0.3, 0.4) is 0 Å². The lowest BCUT2D eigenvalue weighted by atomic mass is 9.83. The lowest BCUT2D eigenvalue weighted by Gasteiger charge is -2.33. The van der Waals surface area contributed by atoms with Crippen molar-refractivity contribution in [3.8, 4) is 0 Å². The van der Waals surface area contributed by atoms with Gasteiger partial charge >= 0.3 is 0 Å². The Morgan fingerprint density at radius 2 is 1.78 bits per heavy atom. The van der Waals surface area contributed by atoms with Gasteiger partial charge < -0.3 is 20.1 Å². The first-order valence-electron chi connectivity index (χ1n) is 8.85. The van der Waals surface area contributed by atoms with Crippen LogP contribution in [0.2, 0.25) is 0 Å². The summed E-state index contributed by atoms with van der Waals surface area (Å²) in [4.78, 5) is 0. The number of hydrogen-bond donors (Lipinski definition) is 3. The Hall–Kier alpha value is -0.940. The van der Waals surface area contributed by atoms with Gasteiger partial charge in [-0.2, -0.15) is 0 Å². The van der Waals surface area contributed by atoms with Crippen LogP contribution in [0, 0.1) is 5.92 Å². The maximum atomic E-state index is 9.98. The maximum Gasteiger partial charge on any atom is 0.0854 e. The van der Waals surface area contributed by atoms with Crippen LogP contribution in [-0.2, 0) is 11.2 Å². The predicted molar refractivity (Wildman–Crippen MR) is 88.1 cm³/mol. The van der Waals surface area contributed by atoms with E-state index in [1.165, 1.54) is 5.56 Å². The van der Waals surface area contributed by atoms with Gasteiger partial charge in [-0.05, 0) is 49.1 Å². The first kappa shape index (κ1) is 16.9. The van der Waals surface area contributed by atoms with Crippen molar-refractivity contribution in [3.05, 3.63) is 35.4 Å². The molecule has 1 aromatic rings. The van der Waals surface area contributed by atoms with Crippen molar-refractivity contribution in [3.63, 3.8) is 0 Å². The van der Waals surface area contributed by atoms with E-state index in [-0.39, 0.29) is 24.9 Å². The number of benzene rings is 1. The van der Waals surface area contributed by atoms with Gasteiger partial charge in [0.25, 0.3) is 0 Å². The van der Waals surface area contributed by atoms with Crippen LogP contribution < -0.4 is 0 Å². The van der Waals surface area contributed by atoms with Crippen LogP contribution in [0.1, 0.15) is 55.8 Å². The summed E-state index contributed by atoms with van der Waals surface area (Å²) < 4.78 is 5.91. The van der Waals surface area contributed by atoms with E-state index in [1.54, 1.807) is 0 Å². The summed E-state index contributed by atoms with van der Waals surface area (Å²) in [5, 5.41) is 28.9. The molecule has 1 saturated carbocycles. The molecule has 1 heterocycles. The molecule has 1 aliphatic carbocycles. The van der Waals surface area contributed by atoms with Crippen molar-refractivity contribution in [2.45, 2.75) is 69.4 Å². The Labute approximate surface area is 138 Å². The van der Waals surface area contributed by atoms with E-state index < -0.39 is 6.10 Å². The minimum Gasteiger partial charge on any atom is -0.394 e. The maximum absolute atomic E-state index is 9.98. The largest absolute Gasteiger partial charge is 0.394 e. The second-order valence-corrected chi connectivity index (χ2v) is 7.18. The van der Waals surface area contributed by atoms with E-state index in [0.717, 1.165) is 37.7 Å². The lowest BCUT2D eigenvalue weighted by molar-refractivity contribution is -0.113. The Morgan fingerprint density at radius 3 is 2.52 bits per heavy atom. The van der Waals surface area contributed by atoms with Gasteiger partial charge in [0.1, 0.15) is 0 Å². The molecule has 1 aliphatic heterocycles. The second-order valence-electron chi connectivity index (χ2n) is 7.18. The van der Waals surface area contributed by atoms with Crippen molar-refractivity contribution in [1.82, 2.24) is 0 Å². The summed E-state index contributed by atoms with van der Waals surface area (Å²) in [6.45, 7) is -0.0440. The van der Waals surface area contributed by atoms with Crippen LogP contribution in [0.15, 0.2) is 24.3 Å². The standard InChI is InChI=1S/C19H28O4/c20-12-18-10-17(22)11-19(23-18)15-3-1-2-14(9-15)8-13-4-6-16(21)7-5-13/h1-3,9,13,16-22H,4-8,10-12H2. The predicted octanol–water partition coefficient (Wildman–Crippen LogP) is 2.35. The van der Waals surface area contributed by atoms with Crippen LogP contribution in [0.25, 0.3) is 0 Å². The molecule has 2 aliphatic rings. The number of hydrogen-bond acceptors (Lipinski definition) is 4. The van der Waals surface area contributed by atoms with E-state index in [1.807, 2.05) is 6.07 Å². The van der Waals surface area contributed by atoms with Crippen molar-refractivity contribution in [2.75, 3.05) is 6.61 Å². The SMILES string of the molecule is OCC1CC(O)CC(c2cccc(CC3CCC(O)CC3)c2)O1.